The molecule has 0 spiro atoms. The number of furan rings is 1. The van der Waals surface area contributed by atoms with E-state index in [0.717, 1.165) is 11.1 Å². The van der Waals surface area contributed by atoms with Gasteiger partial charge < -0.3 is 14.3 Å². The number of anilines is 1. The summed E-state index contributed by atoms with van der Waals surface area (Å²) in [6.45, 7) is 0.385. The second-order valence-electron chi connectivity index (χ2n) is 6.86. The molecular weight excluding hydrogens is 395 g/mol. The molecule has 150 valence electrons. The highest BCUT2D eigenvalue weighted by molar-refractivity contribution is 6.28. The standard InChI is InChI=1S/C18H19ClF3N5O/c19-17-24-15(23-10-13-2-1-9-28-13)14-5-8-27(16(14)25-17)12-3-6-26(7-4-12)11-18(20,21)22/h1-2,5,8-9,12H,3-4,6-7,10-11H2,(H,23,24,25). The van der Waals surface area contributed by atoms with Gasteiger partial charge in [0.2, 0.25) is 5.28 Å². The van der Waals surface area contributed by atoms with Crippen molar-refractivity contribution in [3.05, 3.63) is 41.7 Å². The van der Waals surface area contributed by atoms with Crippen LogP contribution in [0.15, 0.2) is 35.1 Å². The van der Waals surface area contributed by atoms with Gasteiger partial charge in [0, 0.05) is 25.3 Å². The molecule has 0 bridgehead atoms. The largest absolute Gasteiger partial charge is 0.467 e. The van der Waals surface area contributed by atoms with Crippen molar-refractivity contribution in [3.63, 3.8) is 0 Å². The van der Waals surface area contributed by atoms with Crippen LogP contribution in [0.1, 0.15) is 24.6 Å². The molecule has 1 fully saturated rings. The predicted octanol–water partition coefficient (Wildman–Crippen LogP) is 4.49. The highest BCUT2D eigenvalue weighted by Crippen LogP contribution is 2.31. The van der Waals surface area contributed by atoms with E-state index in [1.54, 1.807) is 12.3 Å². The second kappa shape index (κ2) is 7.63. The maximum absolute atomic E-state index is 12.6. The van der Waals surface area contributed by atoms with Crippen molar-refractivity contribution in [2.24, 2.45) is 0 Å². The third kappa shape index (κ3) is 4.25. The molecule has 4 heterocycles. The summed E-state index contributed by atoms with van der Waals surface area (Å²) in [7, 11) is 0. The molecule has 6 nitrogen and oxygen atoms in total. The van der Waals surface area contributed by atoms with Crippen molar-refractivity contribution >= 4 is 28.5 Å². The first-order valence-electron chi connectivity index (χ1n) is 8.98. The molecule has 1 saturated heterocycles. The fraction of sp³-hybridized carbons (Fsp3) is 0.444. The number of nitrogens with zero attached hydrogens (tertiary/aromatic N) is 4. The van der Waals surface area contributed by atoms with Crippen LogP contribution in [0.3, 0.4) is 0 Å². The number of likely N-dealkylation sites (tertiary alicyclic amines) is 1. The van der Waals surface area contributed by atoms with Crippen LogP contribution in [0.2, 0.25) is 5.28 Å². The van der Waals surface area contributed by atoms with Gasteiger partial charge in [-0.2, -0.15) is 18.2 Å². The van der Waals surface area contributed by atoms with E-state index >= 15 is 0 Å². The molecule has 1 N–H and O–H groups in total. The lowest BCUT2D eigenvalue weighted by Crippen LogP contribution is -2.40. The number of alkyl halides is 3. The van der Waals surface area contributed by atoms with Gasteiger partial charge in [0.1, 0.15) is 17.2 Å². The fourth-order valence-electron chi connectivity index (χ4n) is 3.63. The summed E-state index contributed by atoms with van der Waals surface area (Å²) in [6, 6.07) is 5.64. The third-order valence-electron chi connectivity index (χ3n) is 4.91. The van der Waals surface area contributed by atoms with Gasteiger partial charge in [-0.25, -0.2) is 4.98 Å². The predicted molar refractivity (Wildman–Crippen MR) is 99.3 cm³/mol. The van der Waals surface area contributed by atoms with Crippen molar-refractivity contribution in [1.29, 1.82) is 0 Å². The van der Waals surface area contributed by atoms with Crippen molar-refractivity contribution in [3.8, 4) is 0 Å². The Morgan fingerprint density at radius 1 is 1.21 bits per heavy atom. The van der Waals surface area contributed by atoms with E-state index in [0.29, 0.717) is 43.9 Å². The van der Waals surface area contributed by atoms with Gasteiger partial charge in [0.05, 0.1) is 24.7 Å². The number of fused-ring (bicyclic) bond motifs is 1. The molecule has 10 heteroatoms. The molecule has 3 aromatic heterocycles. The van der Waals surface area contributed by atoms with E-state index in [4.69, 9.17) is 16.0 Å². The number of aromatic nitrogens is 3. The summed E-state index contributed by atoms with van der Waals surface area (Å²) in [5.41, 5.74) is 0.677. The van der Waals surface area contributed by atoms with E-state index in [1.807, 2.05) is 22.9 Å². The topological polar surface area (TPSA) is 59.1 Å². The summed E-state index contributed by atoms with van der Waals surface area (Å²) in [5.74, 6) is 1.36. The lowest BCUT2D eigenvalue weighted by Gasteiger charge is -2.33. The van der Waals surface area contributed by atoms with Crippen molar-refractivity contribution in [1.82, 2.24) is 19.4 Å². The molecule has 28 heavy (non-hydrogen) atoms. The Labute approximate surface area is 164 Å². The Morgan fingerprint density at radius 3 is 2.68 bits per heavy atom. The van der Waals surface area contributed by atoms with Crippen LogP contribution in [0.5, 0.6) is 0 Å². The minimum Gasteiger partial charge on any atom is -0.467 e. The summed E-state index contributed by atoms with van der Waals surface area (Å²) in [5, 5.41) is 4.13. The quantitative estimate of drug-likeness (QED) is 0.624. The molecule has 0 aliphatic carbocycles. The van der Waals surface area contributed by atoms with Crippen LogP contribution < -0.4 is 5.32 Å². The number of piperidine rings is 1. The Balaban J connectivity index is 1.51. The van der Waals surface area contributed by atoms with Gasteiger partial charge in [0.25, 0.3) is 0 Å². The van der Waals surface area contributed by atoms with E-state index in [9.17, 15) is 13.2 Å². The zero-order chi connectivity index (χ0) is 19.7. The number of halogens is 4. The fourth-order valence-corrected chi connectivity index (χ4v) is 3.79. The molecule has 4 rings (SSSR count). The smallest absolute Gasteiger partial charge is 0.401 e. The Bertz CT molecular complexity index is 933. The summed E-state index contributed by atoms with van der Waals surface area (Å²) < 4.78 is 45.1. The van der Waals surface area contributed by atoms with Gasteiger partial charge in [-0.3, -0.25) is 4.90 Å². The van der Waals surface area contributed by atoms with Gasteiger partial charge in [0.15, 0.2) is 0 Å². The Morgan fingerprint density at radius 2 is 2.00 bits per heavy atom. The molecule has 0 unspecified atom stereocenters. The van der Waals surface area contributed by atoms with Crippen molar-refractivity contribution in [2.45, 2.75) is 31.6 Å². The number of rotatable bonds is 5. The molecule has 1 aliphatic heterocycles. The van der Waals surface area contributed by atoms with E-state index < -0.39 is 12.7 Å². The Hall–Kier alpha value is -2.26. The summed E-state index contributed by atoms with van der Waals surface area (Å²) in [6.07, 6.45) is 0.578. The number of nitrogens with one attached hydrogen (secondary N) is 1. The van der Waals surface area contributed by atoms with Crippen molar-refractivity contribution in [2.75, 3.05) is 25.0 Å². The Kier molecular flexibility index (Phi) is 5.20. The summed E-state index contributed by atoms with van der Waals surface area (Å²) >= 11 is 6.12. The lowest BCUT2D eigenvalue weighted by atomic mass is 10.0. The summed E-state index contributed by atoms with van der Waals surface area (Å²) in [4.78, 5) is 10.1. The van der Waals surface area contributed by atoms with Crippen LogP contribution in [0, 0.1) is 0 Å². The maximum atomic E-state index is 12.6. The molecule has 0 atom stereocenters. The van der Waals surface area contributed by atoms with Crippen LogP contribution in [0.4, 0.5) is 19.0 Å². The zero-order valence-corrected chi connectivity index (χ0v) is 15.7. The maximum Gasteiger partial charge on any atom is 0.401 e. The average molecular weight is 414 g/mol. The second-order valence-corrected chi connectivity index (χ2v) is 7.20. The SMILES string of the molecule is FC(F)(F)CN1CCC(n2ccc3c(NCc4ccco4)nc(Cl)nc32)CC1. The van der Waals surface area contributed by atoms with E-state index in [2.05, 4.69) is 15.3 Å². The normalized spacial score (nSPS) is 16.7. The minimum atomic E-state index is -4.16. The first-order valence-corrected chi connectivity index (χ1v) is 9.36. The van der Waals surface area contributed by atoms with Crippen LogP contribution >= 0.6 is 11.6 Å². The molecule has 0 amide bonds. The molecule has 3 aromatic rings. The van der Waals surface area contributed by atoms with Gasteiger partial charge >= 0.3 is 6.18 Å². The number of hydrogen-bond acceptors (Lipinski definition) is 5. The highest BCUT2D eigenvalue weighted by Gasteiger charge is 2.33. The molecular formula is C18H19ClF3N5O. The van der Waals surface area contributed by atoms with Gasteiger partial charge in [-0.1, -0.05) is 0 Å². The molecule has 0 saturated carbocycles. The first kappa shape index (κ1) is 19.1. The van der Waals surface area contributed by atoms with E-state index in [1.165, 1.54) is 4.90 Å². The molecule has 0 radical (unpaired) electrons. The zero-order valence-electron chi connectivity index (χ0n) is 14.9. The van der Waals surface area contributed by atoms with Crippen molar-refractivity contribution < 1.29 is 17.6 Å². The highest BCUT2D eigenvalue weighted by atomic mass is 35.5. The van der Waals surface area contributed by atoms with Crippen LogP contribution in [-0.4, -0.2) is 45.2 Å². The molecule has 1 aliphatic rings. The average Bonchev–Trinajstić information content (AvgIpc) is 3.28. The lowest BCUT2D eigenvalue weighted by molar-refractivity contribution is -0.148. The van der Waals surface area contributed by atoms with Gasteiger partial charge in [-0.05, 0) is 42.6 Å². The van der Waals surface area contributed by atoms with E-state index in [-0.39, 0.29) is 11.3 Å². The third-order valence-corrected chi connectivity index (χ3v) is 5.08. The van der Waals surface area contributed by atoms with Gasteiger partial charge in [-0.15, -0.1) is 0 Å². The molecule has 0 aromatic carbocycles. The first-order chi connectivity index (χ1) is 13.4. The monoisotopic (exact) mass is 413 g/mol. The number of hydrogen-bond donors (Lipinski definition) is 1. The minimum absolute atomic E-state index is 0.0749. The van der Waals surface area contributed by atoms with Crippen LogP contribution in [-0.2, 0) is 6.54 Å². The van der Waals surface area contributed by atoms with Crippen LogP contribution in [0.25, 0.3) is 11.0 Å².